The topological polar surface area (TPSA) is 118 Å². The van der Waals surface area contributed by atoms with Crippen molar-refractivity contribution in [2.75, 3.05) is 19.0 Å². The first-order valence-corrected chi connectivity index (χ1v) is 9.71. The summed E-state index contributed by atoms with van der Waals surface area (Å²) in [5.41, 5.74) is 4.56. The normalized spacial score (nSPS) is 10.7. The zero-order valence-electron chi connectivity index (χ0n) is 17.4. The zero-order valence-corrected chi connectivity index (χ0v) is 17.4. The van der Waals surface area contributed by atoms with Crippen LogP contribution in [0.4, 0.5) is 17.1 Å². The summed E-state index contributed by atoms with van der Waals surface area (Å²) in [6.45, 7) is 0. The molecule has 0 unspecified atom stereocenters. The molecule has 9 nitrogen and oxygen atoms in total. The lowest BCUT2D eigenvalue weighted by Crippen LogP contribution is -2.07. The Hall–Kier alpha value is -4.53. The molecule has 1 N–H and O–H groups in total. The van der Waals surface area contributed by atoms with Gasteiger partial charge in [0.15, 0.2) is 0 Å². The minimum Gasteiger partial charge on any atom is -0.378 e. The summed E-state index contributed by atoms with van der Waals surface area (Å²) in [7, 11) is 3.92. The van der Waals surface area contributed by atoms with Crippen LogP contribution in [0.25, 0.3) is 33.9 Å². The van der Waals surface area contributed by atoms with Gasteiger partial charge in [0.25, 0.3) is 11.4 Å². The molecule has 9 heteroatoms. The van der Waals surface area contributed by atoms with E-state index in [2.05, 4.69) is 4.98 Å². The van der Waals surface area contributed by atoms with Crippen molar-refractivity contribution in [2.24, 2.45) is 0 Å². The summed E-state index contributed by atoms with van der Waals surface area (Å²) in [4.78, 5) is 31.2. The van der Waals surface area contributed by atoms with Gasteiger partial charge in [-0.15, -0.1) is 0 Å². The molecule has 0 fully saturated rings. The number of hydrogen-bond donors (Lipinski definition) is 1. The van der Waals surface area contributed by atoms with Crippen LogP contribution in [0.5, 0.6) is 0 Å². The minimum atomic E-state index is -0.455. The van der Waals surface area contributed by atoms with E-state index in [0.717, 1.165) is 11.3 Å². The van der Waals surface area contributed by atoms with Crippen molar-refractivity contribution in [2.45, 2.75) is 0 Å². The van der Waals surface area contributed by atoms with Crippen molar-refractivity contribution in [3.05, 3.63) is 93.0 Å². The standard InChI is InChI=1S/C23H19N5O4/c1-26(2)18-9-7-17(8-10-18)23-24-21(15-3-11-19(12-4-15)27(29)30)22(25-23)16-5-13-20(14-6-16)28(31)32/h3-14H,1-2H3,(H,24,25). The average molecular weight is 429 g/mol. The summed E-state index contributed by atoms with van der Waals surface area (Å²) in [6, 6.07) is 20.2. The quantitative estimate of drug-likeness (QED) is 0.328. The molecule has 0 saturated carbocycles. The maximum atomic E-state index is 11.0. The lowest BCUT2D eigenvalue weighted by molar-refractivity contribution is -0.385. The number of hydrogen-bond acceptors (Lipinski definition) is 6. The Labute approximate surface area is 183 Å². The van der Waals surface area contributed by atoms with E-state index in [0.29, 0.717) is 28.3 Å². The second-order valence-electron chi connectivity index (χ2n) is 7.36. The van der Waals surface area contributed by atoms with Gasteiger partial charge in [0.2, 0.25) is 0 Å². The lowest BCUT2D eigenvalue weighted by atomic mass is 10.0. The molecule has 0 aliphatic heterocycles. The zero-order chi connectivity index (χ0) is 22.8. The molecule has 32 heavy (non-hydrogen) atoms. The van der Waals surface area contributed by atoms with Crippen molar-refractivity contribution in [1.82, 2.24) is 9.97 Å². The van der Waals surface area contributed by atoms with Gasteiger partial charge in [-0.1, -0.05) is 0 Å². The lowest BCUT2D eigenvalue weighted by Gasteiger charge is -2.12. The number of nitro groups is 2. The highest BCUT2D eigenvalue weighted by atomic mass is 16.6. The Balaban J connectivity index is 1.82. The smallest absolute Gasteiger partial charge is 0.269 e. The molecule has 0 radical (unpaired) electrons. The minimum absolute atomic E-state index is 0.00958. The van der Waals surface area contributed by atoms with Crippen molar-refractivity contribution < 1.29 is 9.85 Å². The van der Waals surface area contributed by atoms with Crippen LogP contribution in [-0.2, 0) is 0 Å². The summed E-state index contributed by atoms with van der Waals surface area (Å²) in [5.74, 6) is 0.622. The second kappa shape index (κ2) is 8.31. The Bertz CT molecular complexity index is 1200. The molecular formula is C23H19N5O4. The third-order valence-corrected chi connectivity index (χ3v) is 5.08. The number of nitro benzene ring substituents is 2. The van der Waals surface area contributed by atoms with Crippen LogP contribution in [-0.4, -0.2) is 33.9 Å². The molecule has 1 heterocycles. The third-order valence-electron chi connectivity index (χ3n) is 5.08. The first kappa shape index (κ1) is 20.7. The van der Waals surface area contributed by atoms with Crippen molar-refractivity contribution in [3.8, 4) is 33.9 Å². The maximum absolute atomic E-state index is 11.0. The van der Waals surface area contributed by atoms with Gasteiger partial charge < -0.3 is 9.88 Å². The highest BCUT2D eigenvalue weighted by Gasteiger charge is 2.17. The number of nitrogens with zero attached hydrogens (tertiary/aromatic N) is 4. The number of rotatable bonds is 6. The van der Waals surface area contributed by atoms with E-state index < -0.39 is 9.85 Å². The van der Waals surface area contributed by atoms with E-state index >= 15 is 0 Å². The SMILES string of the molecule is CN(C)c1ccc(-c2nc(-c3ccc([N+](=O)[O-])cc3)c(-c3ccc([N+](=O)[O-])cc3)[nH]2)cc1. The Morgan fingerprint density at radius 2 is 1.19 bits per heavy atom. The predicted molar refractivity (Wildman–Crippen MR) is 123 cm³/mol. The van der Waals surface area contributed by atoms with E-state index in [1.54, 1.807) is 24.3 Å². The van der Waals surface area contributed by atoms with Crippen LogP contribution < -0.4 is 4.90 Å². The van der Waals surface area contributed by atoms with Gasteiger partial charge >= 0.3 is 0 Å². The Morgan fingerprint density at radius 1 is 0.719 bits per heavy atom. The van der Waals surface area contributed by atoms with Gasteiger partial charge in [0, 0.05) is 60.7 Å². The van der Waals surface area contributed by atoms with E-state index in [4.69, 9.17) is 4.98 Å². The Kier molecular flexibility index (Phi) is 5.38. The average Bonchev–Trinajstić information content (AvgIpc) is 3.24. The van der Waals surface area contributed by atoms with Crippen molar-refractivity contribution in [1.29, 1.82) is 0 Å². The van der Waals surface area contributed by atoms with E-state index in [1.165, 1.54) is 24.3 Å². The molecule has 4 rings (SSSR count). The van der Waals surface area contributed by atoms with Crippen LogP contribution in [0.1, 0.15) is 0 Å². The Morgan fingerprint density at radius 3 is 1.66 bits per heavy atom. The fourth-order valence-electron chi connectivity index (χ4n) is 3.34. The molecule has 0 atom stereocenters. The fraction of sp³-hybridized carbons (Fsp3) is 0.0870. The van der Waals surface area contributed by atoms with Crippen LogP contribution in [0.15, 0.2) is 72.8 Å². The van der Waals surface area contributed by atoms with Crippen molar-refractivity contribution >= 4 is 17.1 Å². The molecular weight excluding hydrogens is 410 g/mol. The van der Waals surface area contributed by atoms with Crippen LogP contribution in [0, 0.1) is 20.2 Å². The summed E-state index contributed by atoms with van der Waals surface area (Å²) in [5, 5.41) is 22.0. The number of nitrogens with one attached hydrogen (secondary N) is 1. The van der Waals surface area contributed by atoms with E-state index in [1.807, 2.05) is 43.3 Å². The molecule has 160 valence electrons. The molecule has 0 amide bonds. The van der Waals surface area contributed by atoms with E-state index in [9.17, 15) is 20.2 Å². The van der Waals surface area contributed by atoms with Gasteiger partial charge in [0.1, 0.15) is 5.82 Å². The molecule has 0 aliphatic rings. The monoisotopic (exact) mass is 429 g/mol. The largest absolute Gasteiger partial charge is 0.378 e. The summed E-state index contributed by atoms with van der Waals surface area (Å²) >= 11 is 0. The molecule has 0 saturated heterocycles. The number of aromatic nitrogens is 2. The number of non-ortho nitro benzene ring substituents is 2. The molecule has 0 aliphatic carbocycles. The van der Waals surface area contributed by atoms with Gasteiger partial charge in [-0.2, -0.15) is 0 Å². The molecule has 0 bridgehead atoms. The maximum Gasteiger partial charge on any atom is 0.269 e. The number of anilines is 1. The first-order chi connectivity index (χ1) is 15.3. The number of aromatic amines is 1. The van der Waals surface area contributed by atoms with Gasteiger partial charge in [-0.25, -0.2) is 4.98 Å². The summed E-state index contributed by atoms with van der Waals surface area (Å²) < 4.78 is 0. The van der Waals surface area contributed by atoms with Crippen LogP contribution in [0.3, 0.4) is 0 Å². The van der Waals surface area contributed by atoms with Crippen molar-refractivity contribution in [3.63, 3.8) is 0 Å². The van der Waals surface area contributed by atoms with E-state index in [-0.39, 0.29) is 11.4 Å². The number of imidazole rings is 1. The molecule has 3 aromatic carbocycles. The molecule has 1 aromatic heterocycles. The number of benzene rings is 3. The summed E-state index contributed by atoms with van der Waals surface area (Å²) in [6.07, 6.45) is 0. The molecule has 0 spiro atoms. The number of H-pyrrole nitrogens is 1. The van der Waals surface area contributed by atoms with Gasteiger partial charge in [-0.3, -0.25) is 20.2 Å². The van der Waals surface area contributed by atoms with Crippen LogP contribution in [0.2, 0.25) is 0 Å². The van der Waals surface area contributed by atoms with Crippen LogP contribution >= 0.6 is 0 Å². The highest BCUT2D eigenvalue weighted by molar-refractivity contribution is 5.82. The highest BCUT2D eigenvalue weighted by Crippen LogP contribution is 2.34. The second-order valence-corrected chi connectivity index (χ2v) is 7.36. The predicted octanol–water partition coefficient (Wildman–Crippen LogP) is 5.29. The molecule has 4 aromatic rings. The fourth-order valence-corrected chi connectivity index (χ4v) is 3.34. The third kappa shape index (κ3) is 4.04. The first-order valence-electron chi connectivity index (χ1n) is 9.71. The van der Waals surface area contributed by atoms with Gasteiger partial charge in [0.05, 0.1) is 21.2 Å². The van der Waals surface area contributed by atoms with Gasteiger partial charge in [-0.05, 0) is 48.5 Å².